The van der Waals surface area contributed by atoms with Crippen molar-refractivity contribution in [3.05, 3.63) is 28.5 Å². The molecule has 15 heavy (non-hydrogen) atoms. The van der Waals surface area contributed by atoms with Crippen LogP contribution >= 0.6 is 15.9 Å². The molecule has 2 N–H and O–H groups in total. The van der Waals surface area contributed by atoms with Crippen LogP contribution in [0.2, 0.25) is 0 Å². The summed E-state index contributed by atoms with van der Waals surface area (Å²) in [6.45, 7) is 6.43. The molecule has 1 unspecified atom stereocenters. The van der Waals surface area contributed by atoms with Gasteiger partial charge in [-0.05, 0) is 48.3 Å². The third kappa shape index (κ3) is 3.89. The SMILES string of the molecule is CC(O)C(C)(C)NCc1cncc(Br)c1. The van der Waals surface area contributed by atoms with E-state index in [0.29, 0.717) is 6.54 Å². The molecule has 0 bridgehead atoms. The molecule has 84 valence electrons. The van der Waals surface area contributed by atoms with Crippen LogP contribution < -0.4 is 5.32 Å². The Labute approximate surface area is 99.1 Å². The van der Waals surface area contributed by atoms with E-state index in [1.54, 1.807) is 13.1 Å². The van der Waals surface area contributed by atoms with E-state index in [2.05, 4.69) is 26.2 Å². The van der Waals surface area contributed by atoms with Gasteiger partial charge in [0.05, 0.1) is 6.10 Å². The number of rotatable bonds is 4. The maximum absolute atomic E-state index is 9.53. The van der Waals surface area contributed by atoms with Gasteiger partial charge in [0.25, 0.3) is 0 Å². The topological polar surface area (TPSA) is 45.1 Å². The molecule has 0 fully saturated rings. The third-order valence-corrected chi connectivity index (χ3v) is 2.99. The summed E-state index contributed by atoms with van der Waals surface area (Å²) in [5, 5.41) is 12.8. The zero-order valence-corrected chi connectivity index (χ0v) is 10.9. The second-order valence-electron chi connectivity index (χ2n) is 4.26. The molecule has 1 aromatic heterocycles. The van der Waals surface area contributed by atoms with Crippen LogP contribution in [0.4, 0.5) is 0 Å². The first-order valence-corrected chi connectivity index (χ1v) is 5.73. The Balaban J connectivity index is 2.57. The van der Waals surface area contributed by atoms with Gasteiger partial charge in [-0.2, -0.15) is 0 Å². The molecule has 3 nitrogen and oxygen atoms in total. The van der Waals surface area contributed by atoms with E-state index in [1.807, 2.05) is 26.1 Å². The summed E-state index contributed by atoms with van der Waals surface area (Å²) in [6, 6.07) is 2.01. The van der Waals surface area contributed by atoms with Gasteiger partial charge in [0.1, 0.15) is 0 Å². The van der Waals surface area contributed by atoms with Crippen molar-refractivity contribution in [3.63, 3.8) is 0 Å². The quantitative estimate of drug-likeness (QED) is 0.883. The van der Waals surface area contributed by atoms with E-state index in [0.717, 1.165) is 10.0 Å². The van der Waals surface area contributed by atoms with E-state index in [4.69, 9.17) is 0 Å². The van der Waals surface area contributed by atoms with Crippen molar-refractivity contribution < 1.29 is 5.11 Å². The highest BCUT2D eigenvalue weighted by Gasteiger charge is 2.22. The van der Waals surface area contributed by atoms with Crippen molar-refractivity contribution in [1.29, 1.82) is 0 Å². The van der Waals surface area contributed by atoms with Crippen LogP contribution in [-0.4, -0.2) is 21.7 Å². The highest BCUT2D eigenvalue weighted by Crippen LogP contribution is 2.12. The van der Waals surface area contributed by atoms with E-state index in [-0.39, 0.29) is 5.54 Å². The molecular formula is C11H17BrN2O. The highest BCUT2D eigenvalue weighted by molar-refractivity contribution is 9.10. The lowest BCUT2D eigenvalue weighted by Crippen LogP contribution is -2.47. The summed E-state index contributed by atoms with van der Waals surface area (Å²) in [4.78, 5) is 4.08. The highest BCUT2D eigenvalue weighted by atomic mass is 79.9. The van der Waals surface area contributed by atoms with E-state index in [9.17, 15) is 5.11 Å². The van der Waals surface area contributed by atoms with Crippen LogP contribution in [0.25, 0.3) is 0 Å². The van der Waals surface area contributed by atoms with Crippen molar-refractivity contribution in [3.8, 4) is 0 Å². The van der Waals surface area contributed by atoms with Gasteiger partial charge in [-0.15, -0.1) is 0 Å². The lowest BCUT2D eigenvalue weighted by Gasteiger charge is -2.29. The van der Waals surface area contributed by atoms with Crippen LogP contribution in [0.15, 0.2) is 22.9 Å². The summed E-state index contributed by atoms with van der Waals surface area (Å²) in [5.41, 5.74) is 0.806. The average Bonchev–Trinajstić information content (AvgIpc) is 2.15. The van der Waals surface area contributed by atoms with Crippen LogP contribution in [0.3, 0.4) is 0 Å². The van der Waals surface area contributed by atoms with E-state index < -0.39 is 6.10 Å². The summed E-state index contributed by atoms with van der Waals surface area (Å²) in [7, 11) is 0. The minimum Gasteiger partial charge on any atom is -0.392 e. The van der Waals surface area contributed by atoms with Gasteiger partial charge < -0.3 is 10.4 Å². The molecule has 0 aliphatic heterocycles. The molecule has 0 saturated carbocycles. The Morgan fingerprint density at radius 3 is 2.73 bits per heavy atom. The Kier molecular flexibility index (Phi) is 4.25. The number of pyridine rings is 1. The lowest BCUT2D eigenvalue weighted by molar-refractivity contribution is 0.0956. The maximum atomic E-state index is 9.53. The molecule has 1 rings (SSSR count). The number of aliphatic hydroxyl groups is 1. The Morgan fingerprint density at radius 1 is 1.53 bits per heavy atom. The van der Waals surface area contributed by atoms with Gasteiger partial charge in [-0.25, -0.2) is 0 Å². The number of halogens is 1. The second-order valence-corrected chi connectivity index (χ2v) is 5.18. The summed E-state index contributed by atoms with van der Waals surface area (Å²) in [5.74, 6) is 0. The molecule has 1 atom stereocenters. The van der Waals surface area contributed by atoms with Gasteiger partial charge >= 0.3 is 0 Å². The molecule has 1 aromatic rings. The number of nitrogens with zero attached hydrogens (tertiary/aromatic N) is 1. The Hall–Kier alpha value is -0.450. The van der Waals surface area contributed by atoms with Crippen molar-refractivity contribution in [2.24, 2.45) is 0 Å². The van der Waals surface area contributed by atoms with Crippen molar-refractivity contribution in [2.75, 3.05) is 0 Å². The number of hydrogen-bond donors (Lipinski definition) is 2. The predicted molar refractivity (Wildman–Crippen MR) is 64.5 cm³/mol. The fourth-order valence-electron chi connectivity index (χ4n) is 1.03. The van der Waals surface area contributed by atoms with Crippen LogP contribution in [0, 0.1) is 0 Å². The van der Waals surface area contributed by atoms with Crippen molar-refractivity contribution in [1.82, 2.24) is 10.3 Å². The second kappa shape index (κ2) is 5.05. The molecule has 4 heteroatoms. The van der Waals surface area contributed by atoms with Crippen LogP contribution in [0.1, 0.15) is 26.3 Å². The van der Waals surface area contributed by atoms with Crippen LogP contribution in [0.5, 0.6) is 0 Å². The lowest BCUT2D eigenvalue weighted by atomic mass is 9.98. The molecule has 0 aromatic carbocycles. The largest absolute Gasteiger partial charge is 0.392 e. The van der Waals surface area contributed by atoms with E-state index >= 15 is 0 Å². The maximum Gasteiger partial charge on any atom is 0.0688 e. The third-order valence-electron chi connectivity index (χ3n) is 2.55. The fourth-order valence-corrected chi connectivity index (χ4v) is 1.44. The smallest absolute Gasteiger partial charge is 0.0688 e. The van der Waals surface area contributed by atoms with Gasteiger partial charge in [-0.3, -0.25) is 4.98 Å². The van der Waals surface area contributed by atoms with Gasteiger partial charge in [-0.1, -0.05) is 0 Å². The first-order chi connectivity index (χ1) is 6.92. The number of nitrogens with one attached hydrogen (secondary N) is 1. The first kappa shape index (κ1) is 12.6. The minimum absolute atomic E-state index is 0.289. The molecule has 0 spiro atoms. The molecule has 0 amide bonds. The normalized spacial score (nSPS) is 13.9. The predicted octanol–water partition coefficient (Wildman–Crippen LogP) is 2.09. The van der Waals surface area contributed by atoms with Gasteiger partial charge in [0, 0.05) is 29.0 Å². The molecule has 0 saturated heterocycles. The number of aromatic nitrogens is 1. The standard InChI is InChI=1S/C11H17BrN2O/c1-8(15)11(2,3)14-6-9-4-10(12)7-13-5-9/h4-5,7-8,14-15H,6H2,1-3H3. The van der Waals surface area contributed by atoms with Crippen LogP contribution in [-0.2, 0) is 6.54 Å². The fraction of sp³-hybridized carbons (Fsp3) is 0.545. The molecular weight excluding hydrogens is 256 g/mol. The number of hydrogen-bond acceptors (Lipinski definition) is 3. The van der Waals surface area contributed by atoms with Crippen molar-refractivity contribution in [2.45, 2.75) is 39.0 Å². The van der Waals surface area contributed by atoms with Gasteiger partial charge in [0.2, 0.25) is 0 Å². The van der Waals surface area contributed by atoms with Gasteiger partial charge in [0.15, 0.2) is 0 Å². The summed E-state index contributed by atoms with van der Waals surface area (Å²) >= 11 is 3.37. The number of aliphatic hydroxyl groups excluding tert-OH is 1. The van der Waals surface area contributed by atoms with Crippen molar-refractivity contribution >= 4 is 15.9 Å². The average molecular weight is 273 g/mol. The zero-order valence-electron chi connectivity index (χ0n) is 9.29. The summed E-state index contributed by atoms with van der Waals surface area (Å²) < 4.78 is 0.969. The summed E-state index contributed by atoms with van der Waals surface area (Å²) in [6.07, 6.45) is 3.18. The monoisotopic (exact) mass is 272 g/mol. The molecule has 0 aliphatic rings. The molecule has 0 aliphatic carbocycles. The Bertz CT molecular complexity index is 326. The zero-order chi connectivity index (χ0) is 11.5. The van der Waals surface area contributed by atoms with E-state index in [1.165, 1.54) is 0 Å². The molecule has 0 radical (unpaired) electrons. The molecule has 1 heterocycles. The Morgan fingerprint density at radius 2 is 2.20 bits per heavy atom. The first-order valence-electron chi connectivity index (χ1n) is 4.94. The minimum atomic E-state index is -0.391.